The number of primary amides is 1. The lowest BCUT2D eigenvalue weighted by atomic mass is 10.1. The first-order valence-corrected chi connectivity index (χ1v) is 6.75. The second-order valence-corrected chi connectivity index (χ2v) is 5.25. The first kappa shape index (κ1) is 13.6. The number of nitrogens with zero attached hydrogens (tertiary/aromatic N) is 1. The number of rotatable bonds is 3. The van der Waals surface area contributed by atoms with Crippen LogP contribution in [0, 0.1) is 5.82 Å². The van der Waals surface area contributed by atoms with Gasteiger partial charge >= 0.3 is 0 Å². The number of fused-ring (bicyclic) bond motifs is 1. The topological polar surface area (TPSA) is 48.0 Å². The molecule has 1 aromatic heterocycles. The van der Waals surface area contributed by atoms with E-state index in [0.717, 1.165) is 10.9 Å². The lowest BCUT2D eigenvalue weighted by Crippen LogP contribution is -2.12. The van der Waals surface area contributed by atoms with Gasteiger partial charge in [0.2, 0.25) is 5.91 Å². The maximum absolute atomic E-state index is 13.9. The highest BCUT2D eigenvalue weighted by Crippen LogP contribution is 2.22. The SMILES string of the molecule is NC(=O)c1ccc(F)c(Cn2ccc3cc(Cl)ccc32)c1. The predicted molar refractivity (Wildman–Crippen MR) is 81.0 cm³/mol. The minimum Gasteiger partial charge on any atom is -0.366 e. The fraction of sp³-hybridized carbons (Fsp3) is 0.0625. The second kappa shape index (κ2) is 5.22. The molecule has 3 rings (SSSR count). The molecule has 106 valence electrons. The van der Waals surface area contributed by atoms with Crippen molar-refractivity contribution in [1.29, 1.82) is 0 Å². The number of nitrogens with two attached hydrogens (primary N) is 1. The molecule has 2 N–H and O–H groups in total. The molecule has 3 aromatic rings. The van der Waals surface area contributed by atoms with Gasteiger partial charge in [0.15, 0.2) is 0 Å². The highest BCUT2D eigenvalue weighted by Gasteiger charge is 2.09. The van der Waals surface area contributed by atoms with Crippen LogP contribution in [0.15, 0.2) is 48.7 Å². The molecule has 0 saturated heterocycles. The Hall–Kier alpha value is -2.33. The van der Waals surface area contributed by atoms with Crippen molar-refractivity contribution < 1.29 is 9.18 Å². The third kappa shape index (κ3) is 2.62. The molecule has 5 heteroatoms. The van der Waals surface area contributed by atoms with Gasteiger partial charge in [0, 0.05) is 33.2 Å². The number of carbonyl (C=O) groups is 1. The van der Waals surface area contributed by atoms with E-state index < -0.39 is 5.91 Å². The van der Waals surface area contributed by atoms with Gasteiger partial charge in [-0.2, -0.15) is 0 Å². The monoisotopic (exact) mass is 302 g/mol. The molecule has 1 amide bonds. The van der Waals surface area contributed by atoms with Gasteiger partial charge in [-0.05, 0) is 42.5 Å². The summed E-state index contributed by atoms with van der Waals surface area (Å²) in [6, 6.07) is 11.6. The van der Waals surface area contributed by atoms with Crippen molar-refractivity contribution in [3.05, 3.63) is 70.6 Å². The Kier molecular flexibility index (Phi) is 3.39. The van der Waals surface area contributed by atoms with Crippen molar-refractivity contribution in [3.8, 4) is 0 Å². The Morgan fingerprint density at radius 1 is 1.19 bits per heavy atom. The van der Waals surface area contributed by atoms with Gasteiger partial charge in [0.05, 0.1) is 6.54 Å². The number of hydrogen-bond acceptors (Lipinski definition) is 1. The molecule has 0 fully saturated rings. The van der Waals surface area contributed by atoms with Crippen molar-refractivity contribution in [3.63, 3.8) is 0 Å². The Balaban J connectivity index is 2.02. The normalized spacial score (nSPS) is 11.0. The lowest BCUT2D eigenvalue weighted by molar-refractivity contribution is 0.1000. The number of benzene rings is 2. The minimum atomic E-state index is -0.569. The molecular weight excluding hydrogens is 291 g/mol. The lowest BCUT2D eigenvalue weighted by Gasteiger charge is -2.08. The largest absolute Gasteiger partial charge is 0.366 e. The number of hydrogen-bond donors (Lipinski definition) is 1. The molecule has 0 aliphatic rings. The molecule has 2 aromatic carbocycles. The summed E-state index contributed by atoms with van der Waals surface area (Å²) in [4.78, 5) is 11.2. The molecule has 0 saturated carbocycles. The fourth-order valence-electron chi connectivity index (χ4n) is 2.34. The quantitative estimate of drug-likeness (QED) is 0.790. The van der Waals surface area contributed by atoms with E-state index in [2.05, 4.69) is 0 Å². The van der Waals surface area contributed by atoms with Crippen LogP contribution in [0.1, 0.15) is 15.9 Å². The molecule has 0 atom stereocenters. The average molecular weight is 303 g/mol. The van der Waals surface area contributed by atoms with E-state index in [9.17, 15) is 9.18 Å². The number of aromatic nitrogens is 1. The third-order valence-corrected chi connectivity index (χ3v) is 3.64. The molecule has 3 nitrogen and oxygen atoms in total. The van der Waals surface area contributed by atoms with E-state index >= 15 is 0 Å². The Morgan fingerprint density at radius 3 is 2.76 bits per heavy atom. The maximum atomic E-state index is 13.9. The smallest absolute Gasteiger partial charge is 0.248 e. The van der Waals surface area contributed by atoms with Crippen LogP contribution in [0.3, 0.4) is 0 Å². The van der Waals surface area contributed by atoms with Gasteiger partial charge in [-0.25, -0.2) is 4.39 Å². The molecule has 1 heterocycles. The minimum absolute atomic E-state index is 0.297. The van der Waals surface area contributed by atoms with Crippen molar-refractivity contribution in [2.24, 2.45) is 5.73 Å². The molecule has 0 unspecified atom stereocenters. The van der Waals surface area contributed by atoms with E-state index in [-0.39, 0.29) is 5.82 Å². The summed E-state index contributed by atoms with van der Waals surface area (Å²) in [6.45, 7) is 0.318. The van der Waals surface area contributed by atoms with Crippen LogP contribution in [0.2, 0.25) is 5.02 Å². The van der Waals surface area contributed by atoms with Crippen LogP contribution in [0.4, 0.5) is 4.39 Å². The number of carbonyl (C=O) groups excluding carboxylic acids is 1. The third-order valence-electron chi connectivity index (χ3n) is 3.40. The van der Waals surface area contributed by atoms with Crippen LogP contribution < -0.4 is 5.73 Å². The summed E-state index contributed by atoms with van der Waals surface area (Å²) in [5, 5.41) is 1.64. The zero-order valence-electron chi connectivity index (χ0n) is 11.0. The highest BCUT2D eigenvalue weighted by molar-refractivity contribution is 6.31. The summed E-state index contributed by atoms with van der Waals surface area (Å²) < 4.78 is 15.8. The summed E-state index contributed by atoms with van der Waals surface area (Å²) in [5.74, 6) is -0.934. The van der Waals surface area contributed by atoms with Gasteiger partial charge in [-0.3, -0.25) is 4.79 Å². The van der Waals surface area contributed by atoms with Crippen molar-refractivity contribution in [2.75, 3.05) is 0 Å². The maximum Gasteiger partial charge on any atom is 0.248 e. The van der Waals surface area contributed by atoms with Gasteiger partial charge in [-0.1, -0.05) is 11.6 Å². The first-order chi connectivity index (χ1) is 10.0. The first-order valence-electron chi connectivity index (χ1n) is 6.37. The van der Waals surface area contributed by atoms with E-state index in [1.165, 1.54) is 18.2 Å². The van der Waals surface area contributed by atoms with E-state index in [1.54, 1.807) is 6.07 Å². The molecule has 21 heavy (non-hydrogen) atoms. The van der Waals surface area contributed by atoms with Crippen LogP contribution in [0.25, 0.3) is 10.9 Å². The Morgan fingerprint density at radius 2 is 2.00 bits per heavy atom. The zero-order chi connectivity index (χ0) is 15.0. The van der Waals surface area contributed by atoms with Gasteiger partial charge < -0.3 is 10.3 Å². The Labute approximate surface area is 125 Å². The highest BCUT2D eigenvalue weighted by atomic mass is 35.5. The van der Waals surface area contributed by atoms with Crippen LogP contribution >= 0.6 is 11.6 Å². The van der Waals surface area contributed by atoms with Crippen molar-refractivity contribution in [2.45, 2.75) is 6.54 Å². The van der Waals surface area contributed by atoms with E-state index in [0.29, 0.717) is 22.7 Å². The second-order valence-electron chi connectivity index (χ2n) is 4.82. The summed E-state index contributed by atoms with van der Waals surface area (Å²) in [7, 11) is 0. The molecule has 0 radical (unpaired) electrons. The van der Waals surface area contributed by atoms with Gasteiger partial charge in [0.25, 0.3) is 0 Å². The Bertz CT molecular complexity index is 841. The number of amides is 1. The molecular formula is C16H12ClFN2O. The molecule has 0 aliphatic carbocycles. The van der Waals surface area contributed by atoms with Crippen LogP contribution in [-0.4, -0.2) is 10.5 Å². The van der Waals surface area contributed by atoms with Crippen molar-refractivity contribution >= 4 is 28.4 Å². The van der Waals surface area contributed by atoms with Gasteiger partial charge in [0.1, 0.15) is 5.82 Å². The van der Waals surface area contributed by atoms with Crippen LogP contribution in [0.5, 0.6) is 0 Å². The van der Waals surface area contributed by atoms with E-state index in [4.69, 9.17) is 17.3 Å². The van der Waals surface area contributed by atoms with Crippen molar-refractivity contribution in [1.82, 2.24) is 4.57 Å². The molecule has 0 bridgehead atoms. The average Bonchev–Trinajstić information content (AvgIpc) is 2.83. The summed E-state index contributed by atoms with van der Waals surface area (Å²) in [6.07, 6.45) is 1.86. The fourth-order valence-corrected chi connectivity index (χ4v) is 2.52. The summed E-state index contributed by atoms with van der Waals surface area (Å²) in [5.41, 5.74) is 6.89. The van der Waals surface area contributed by atoms with Crippen LogP contribution in [-0.2, 0) is 6.54 Å². The molecule has 0 aliphatic heterocycles. The number of halogens is 2. The summed E-state index contributed by atoms with van der Waals surface area (Å²) >= 11 is 5.95. The van der Waals surface area contributed by atoms with Gasteiger partial charge in [-0.15, -0.1) is 0 Å². The zero-order valence-corrected chi connectivity index (χ0v) is 11.8. The van der Waals surface area contributed by atoms with E-state index in [1.807, 2.05) is 29.0 Å². The molecule has 0 spiro atoms. The predicted octanol–water partition coefficient (Wildman–Crippen LogP) is 3.58. The standard InChI is InChI=1S/C16H12ClFN2O/c17-13-2-4-15-10(8-13)5-6-20(15)9-12-7-11(16(19)21)1-3-14(12)18/h1-8H,9H2,(H2,19,21).